The summed E-state index contributed by atoms with van der Waals surface area (Å²) in [6.07, 6.45) is 1.93. The maximum absolute atomic E-state index is 12.4. The van der Waals surface area contributed by atoms with E-state index in [0.717, 1.165) is 34.7 Å². The highest BCUT2D eigenvalue weighted by Crippen LogP contribution is 2.20. The van der Waals surface area contributed by atoms with Gasteiger partial charge in [-0.3, -0.25) is 4.79 Å². The van der Waals surface area contributed by atoms with Crippen molar-refractivity contribution in [3.63, 3.8) is 0 Å². The van der Waals surface area contributed by atoms with E-state index in [4.69, 9.17) is 4.74 Å². The van der Waals surface area contributed by atoms with Crippen LogP contribution in [-0.2, 0) is 11.4 Å². The summed E-state index contributed by atoms with van der Waals surface area (Å²) in [6.45, 7) is 4.57. The molecule has 0 saturated carbocycles. The molecule has 0 spiro atoms. The predicted octanol–water partition coefficient (Wildman–Crippen LogP) is 4.95. The zero-order chi connectivity index (χ0) is 17.5. The second-order valence-corrected chi connectivity index (χ2v) is 6.56. The number of hydrogen-bond donors (Lipinski definition) is 1. The van der Waals surface area contributed by atoms with Crippen LogP contribution in [0.15, 0.2) is 53.4 Å². The second kappa shape index (κ2) is 8.78. The minimum Gasteiger partial charge on any atom is -0.489 e. The summed E-state index contributed by atoms with van der Waals surface area (Å²) in [5.41, 5.74) is 1.97. The minimum absolute atomic E-state index is 0.0523. The smallest absolute Gasteiger partial charge is 0.229 e. The normalized spacial score (nSPS) is 11.8. The molecule has 128 valence electrons. The monoisotopic (exact) mass is 343 g/mol. The maximum atomic E-state index is 12.4. The number of hydrogen-bond acceptors (Lipinski definition) is 3. The van der Waals surface area contributed by atoms with Crippen molar-refractivity contribution in [2.75, 3.05) is 11.9 Å². The van der Waals surface area contributed by atoms with Gasteiger partial charge >= 0.3 is 0 Å². The van der Waals surface area contributed by atoms with Crippen LogP contribution in [-0.4, -0.2) is 13.0 Å². The van der Waals surface area contributed by atoms with E-state index in [1.807, 2.05) is 62.5 Å². The minimum atomic E-state index is 0.0523. The Hall–Kier alpha value is -1.94. The number of amides is 1. The maximum Gasteiger partial charge on any atom is 0.229 e. The Balaban J connectivity index is 1.96. The zero-order valence-corrected chi connectivity index (χ0v) is 15.4. The molecule has 3 nitrogen and oxygen atoms in total. The molecule has 0 aliphatic carbocycles. The van der Waals surface area contributed by atoms with Crippen molar-refractivity contribution in [2.24, 2.45) is 5.92 Å². The van der Waals surface area contributed by atoms with Crippen LogP contribution in [0.2, 0.25) is 0 Å². The first-order valence-corrected chi connectivity index (χ1v) is 8.74. The van der Waals surface area contributed by atoms with Crippen LogP contribution in [0, 0.1) is 5.92 Å². The van der Waals surface area contributed by atoms with E-state index in [9.17, 15) is 4.79 Å². The molecule has 2 aromatic rings. The van der Waals surface area contributed by atoms with E-state index >= 15 is 0 Å². The number of benzene rings is 2. The number of anilines is 1. The van der Waals surface area contributed by atoms with Gasteiger partial charge in [-0.15, -0.1) is 12.6 Å². The first kappa shape index (κ1) is 18.4. The Morgan fingerprint density at radius 3 is 2.54 bits per heavy atom. The van der Waals surface area contributed by atoms with Gasteiger partial charge in [0.2, 0.25) is 5.91 Å². The van der Waals surface area contributed by atoms with Crippen LogP contribution < -0.4 is 9.64 Å². The Morgan fingerprint density at radius 1 is 1.21 bits per heavy atom. The van der Waals surface area contributed by atoms with Gasteiger partial charge in [-0.25, -0.2) is 0 Å². The molecule has 1 atom stereocenters. The number of thiol groups is 1. The van der Waals surface area contributed by atoms with Gasteiger partial charge in [0.1, 0.15) is 12.4 Å². The van der Waals surface area contributed by atoms with Crippen LogP contribution in [0.3, 0.4) is 0 Å². The molecular weight excluding hydrogens is 318 g/mol. The molecule has 0 radical (unpaired) electrons. The summed E-state index contributed by atoms with van der Waals surface area (Å²) in [6, 6.07) is 15.5. The van der Waals surface area contributed by atoms with Crippen LogP contribution in [0.5, 0.6) is 5.75 Å². The molecule has 1 unspecified atom stereocenters. The highest BCUT2D eigenvalue weighted by atomic mass is 32.1. The van der Waals surface area contributed by atoms with E-state index in [1.54, 1.807) is 4.90 Å². The van der Waals surface area contributed by atoms with Gasteiger partial charge < -0.3 is 9.64 Å². The van der Waals surface area contributed by atoms with Gasteiger partial charge in [-0.2, -0.15) is 0 Å². The Labute approximate surface area is 150 Å². The van der Waals surface area contributed by atoms with Gasteiger partial charge in [0, 0.05) is 23.5 Å². The topological polar surface area (TPSA) is 29.5 Å². The standard InChI is InChI=1S/C20H25NO2S/c1-4-6-15(2)20(22)21(3)17-11-9-16(10-12-17)14-23-18-7-5-8-19(24)13-18/h5,7-13,15,24H,4,6,14H2,1-3H3. The fourth-order valence-corrected chi connectivity index (χ4v) is 2.78. The van der Waals surface area contributed by atoms with Gasteiger partial charge in [-0.05, 0) is 42.3 Å². The largest absolute Gasteiger partial charge is 0.489 e. The first-order chi connectivity index (χ1) is 11.5. The van der Waals surface area contributed by atoms with Gasteiger partial charge in [0.25, 0.3) is 0 Å². The summed E-state index contributed by atoms with van der Waals surface area (Å²) in [7, 11) is 1.83. The molecular formula is C20H25NO2S. The summed E-state index contributed by atoms with van der Waals surface area (Å²) < 4.78 is 5.76. The Kier molecular flexibility index (Phi) is 6.73. The molecule has 2 aromatic carbocycles. The Morgan fingerprint density at radius 2 is 1.92 bits per heavy atom. The lowest BCUT2D eigenvalue weighted by molar-refractivity contribution is -0.121. The summed E-state index contributed by atoms with van der Waals surface area (Å²) in [5.74, 6) is 1.01. The van der Waals surface area contributed by atoms with Crippen molar-refractivity contribution >= 4 is 24.2 Å². The molecule has 0 fully saturated rings. The predicted molar refractivity (Wildman–Crippen MR) is 102 cm³/mol. The van der Waals surface area contributed by atoms with Crippen molar-refractivity contribution in [2.45, 2.75) is 38.2 Å². The third-order valence-corrected chi connectivity index (χ3v) is 4.30. The van der Waals surface area contributed by atoms with E-state index in [0.29, 0.717) is 6.61 Å². The number of rotatable bonds is 7. The van der Waals surface area contributed by atoms with Crippen LogP contribution in [0.4, 0.5) is 5.69 Å². The second-order valence-electron chi connectivity index (χ2n) is 6.04. The molecule has 0 aromatic heterocycles. The van der Waals surface area contributed by atoms with E-state index < -0.39 is 0 Å². The fraction of sp³-hybridized carbons (Fsp3) is 0.350. The molecule has 24 heavy (non-hydrogen) atoms. The third kappa shape index (κ3) is 5.03. The van der Waals surface area contributed by atoms with Gasteiger partial charge in [0.05, 0.1) is 0 Å². The molecule has 0 N–H and O–H groups in total. The molecule has 0 saturated heterocycles. The van der Waals surface area contributed by atoms with Crippen molar-refractivity contribution in [3.8, 4) is 5.75 Å². The molecule has 0 aliphatic rings. The lowest BCUT2D eigenvalue weighted by Crippen LogP contribution is -2.31. The van der Waals surface area contributed by atoms with Crippen molar-refractivity contribution in [1.29, 1.82) is 0 Å². The van der Waals surface area contributed by atoms with Crippen molar-refractivity contribution < 1.29 is 9.53 Å². The highest BCUT2D eigenvalue weighted by molar-refractivity contribution is 7.80. The number of carbonyl (C=O) groups is 1. The lowest BCUT2D eigenvalue weighted by atomic mass is 10.0. The van der Waals surface area contributed by atoms with Crippen molar-refractivity contribution in [3.05, 3.63) is 54.1 Å². The summed E-state index contributed by atoms with van der Waals surface area (Å²) in [4.78, 5) is 15.0. The average Bonchev–Trinajstić information content (AvgIpc) is 2.59. The van der Waals surface area contributed by atoms with Gasteiger partial charge in [0.15, 0.2) is 0 Å². The summed E-state index contributed by atoms with van der Waals surface area (Å²) in [5, 5.41) is 0. The molecule has 0 heterocycles. The molecule has 4 heteroatoms. The quantitative estimate of drug-likeness (QED) is 0.721. The molecule has 1 amide bonds. The van der Waals surface area contributed by atoms with Gasteiger partial charge in [-0.1, -0.05) is 38.5 Å². The SMILES string of the molecule is CCCC(C)C(=O)N(C)c1ccc(COc2cccc(S)c2)cc1. The van der Waals surface area contributed by atoms with Crippen LogP contribution in [0.1, 0.15) is 32.3 Å². The Bertz CT molecular complexity index is 670. The average molecular weight is 343 g/mol. The van der Waals surface area contributed by atoms with Crippen LogP contribution in [0.25, 0.3) is 0 Å². The van der Waals surface area contributed by atoms with Crippen LogP contribution >= 0.6 is 12.6 Å². The zero-order valence-electron chi connectivity index (χ0n) is 14.5. The lowest BCUT2D eigenvalue weighted by Gasteiger charge is -2.21. The molecule has 2 rings (SSSR count). The molecule has 0 bridgehead atoms. The number of ether oxygens (including phenoxy) is 1. The molecule has 0 aliphatic heterocycles. The fourth-order valence-electron chi connectivity index (χ4n) is 2.57. The number of nitrogens with zero attached hydrogens (tertiary/aromatic N) is 1. The summed E-state index contributed by atoms with van der Waals surface area (Å²) >= 11 is 4.30. The van der Waals surface area contributed by atoms with Crippen molar-refractivity contribution in [1.82, 2.24) is 0 Å². The highest BCUT2D eigenvalue weighted by Gasteiger charge is 2.17. The van der Waals surface area contributed by atoms with E-state index in [1.165, 1.54) is 0 Å². The number of carbonyl (C=O) groups excluding carboxylic acids is 1. The van der Waals surface area contributed by atoms with E-state index in [2.05, 4.69) is 19.6 Å². The third-order valence-electron chi connectivity index (χ3n) is 4.02. The van der Waals surface area contributed by atoms with E-state index in [-0.39, 0.29) is 11.8 Å². The first-order valence-electron chi connectivity index (χ1n) is 8.29.